The van der Waals surface area contributed by atoms with Crippen molar-refractivity contribution in [3.8, 4) is 0 Å². The van der Waals surface area contributed by atoms with E-state index < -0.39 is 0 Å². The smallest absolute Gasteiger partial charge is 0.315 e. The molecule has 9 heteroatoms. The van der Waals surface area contributed by atoms with Gasteiger partial charge in [0.25, 0.3) is 0 Å². The van der Waals surface area contributed by atoms with Gasteiger partial charge in [0.05, 0.1) is 12.1 Å². The molecule has 1 rings (SSSR count). The van der Waals surface area contributed by atoms with Gasteiger partial charge in [0.2, 0.25) is 11.8 Å². The average molecular weight is 272 g/mol. The van der Waals surface area contributed by atoms with Crippen molar-refractivity contribution in [2.24, 2.45) is 11.7 Å². The van der Waals surface area contributed by atoms with Gasteiger partial charge in [0.1, 0.15) is 0 Å². The highest BCUT2D eigenvalue weighted by atomic mass is 16.2. The van der Waals surface area contributed by atoms with Gasteiger partial charge in [-0.15, -0.1) is 0 Å². The summed E-state index contributed by atoms with van der Waals surface area (Å²) in [4.78, 5) is 33.3. The lowest BCUT2D eigenvalue weighted by molar-refractivity contribution is -0.122. The highest BCUT2D eigenvalue weighted by Gasteiger charge is 2.31. The van der Waals surface area contributed by atoms with Gasteiger partial charge in [-0.2, -0.15) is 0 Å². The van der Waals surface area contributed by atoms with Crippen molar-refractivity contribution in [1.82, 2.24) is 21.5 Å². The Morgan fingerprint density at radius 2 is 1.53 bits per heavy atom. The van der Waals surface area contributed by atoms with Gasteiger partial charge in [-0.25, -0.2) is 16.5 Å². The number of hydrazine groups is 2. The first-order chi connectivity index (χ1) is 9.06. The van der Waals surface area contributed by atoms with Crippen molar-refractivity contribution >= 4 is 17.8 Å². The van der Waals surface area contributed by atoms with Crippen LogP contribution in [0.25, 0.3) is 0 Å². The van der Waals surface area contributed by atoms with E-state index in [1.165, 1.54) is 0 Å². The number of hydrogen-bond acceptors (Lipinski definition) is 5. The number of amides is 4. The van der Waals surface area contributed by atoms with E-state index >= 15 is 0 Å². The highest BCUT2D eigenvalue weighted by molar-refractivity contribution is 5.78. The molecule has 0 spiro atoms. The molecule has 108 valence electrons. The second-order valence-electron chi connectivity index (χ2n) is 4.40. The summed E-state index contributed by atoms with van der Waals surface area (Å²) < 4.78 is 0. The zero-order chi connectivity index (χ0) is 14.3. The first kappa shape index (κ1) is 15.2. The molecule has 1 saturated heterocycles. The summed E-state index contributed by atoms with van der Waals surface area (Å²) in [6, 6.07) is -0.485. The summed E-state index contributed by atoms with van der Waals surface area (Å²) in [5.41, 5.74) is 4.09. The zero-order valence-electron chi connectivity index (χ0n) is 10.6. The molecule has 1 fully saturated rings. The largest absolute Gasteiger partial charge is 0.333 e. The van der Waals surface area contributed by atoms with Crippen LogP contribution < -0.4 is 33.2 Å². The molecule has 0 saturated carbocycles. The lowest BCUT2D eigenvalue weighted by Crippen LogP contribution is -2.37. The van der Waals surface area contributed by atoms with Crippen molar-refractivity contribution in [3.05, 3.63) is 0 Å². The third-order valence-corrected chi connectivity index (χ3v) is 3.04. The normalized spacial score (nSPS) is 21.5. The fourth-order valence-electron chi connectivity index (χ4n) is 2.04. The topological polar surface area (TPSA) is 151 Å². The van der Waals surface area contributed by atoms with Crippen LogP contribution >= 0.6 is 0 Å². The Hall–Kier alpha value is -1.87. The average Bonchev–Trinajstić information content (AvgIpc) is 2.76. The van der Waals surface area contributed by atoms with E-state index in [9.17, 15) is 14.4 Å². The summed E-state index contributed by atoms with van der Waals surface area (Å²) in [5, 5.41) is 5.50. The Morgan fingerprint density at radius 1 is 1.00 bits per heavy atom. The van der Waals surface area contributed by atoms with E-state index in [0.29, 0.717) is 25.7 Å². The summed E-state index contributed by atoms with van der Waals surface area (Å²) in [6.45, 7) is 0. The molecule has 2 unspecified atom stereocenters. The van der Waals surface area contributed by atoms with E-state index in [2.05, 4.69) is 10.6 Å². The molecule has 1 heterocycles. The van der Waals surface area contributed by atoms with Crippen molar-refractivity contribution in [3.63, 3.8) is 0 Å². The molecule has 0 aromatic carbocycles. The Balaban J connectivity index is 2.34. The fraction of sp³-hybridized carbons (Fsp3) is 0.700. The predicted molar refractivity (Wildman–Crippen MR) is 67.0 cm³/mol. The van der Waals surface area contributed by atoms with Crippen molar-refractivity contribution in [2.45, 2.75) is 44.2 Å². The van der Waals surface area contributed by atoms with Gasteiger partial charge in [0.15, 0.2) is 0 Å². The van der Waals surface area contributed by atoms with E-state index in [1.807, 2.05) is 10.9 Å². The molecule has 8 N–H and O–H groups in total. The molecule has 0 aromatic rings. The Labute approximate surface area is 110 Å². The molecule has 1 aliphatic heterocycles. The van der Waals surface area contributed by atoms with Gasteiger partial charge in [-0.05, 0) is 19.3 Å². The molecule has 1 aliphatic rings. The second kappa shape index (κ2) is 7.54. The number of nitrogens with two attached hydrogens (primary N) is 2. The van der Waals surface area contributed by atoms with Crippen LogP contribution in [-0.4, -0.2) is 29.9 Å². The second-order valence-corrected chi connectivity index (χ2v) is 4.40. The Bertz CT molecular complexity index is 348. The molecule has 0 bridgehead atoms. The van der Waals surface area contributed by atoms with Gasteiger partial charge in [0, 0.05) is 12.8 Å². The maximum Gasteiger partial charge on any atom is 0.315 e. The first-order valence-electron chi connectivity index (χ1n) is 6.12. The van der Waals surface area contributed by atoms with E-state index in [0.717, 1.165) is 0 Å². The number of nitrogens with one attached hydrogen (secondary N) is 4. The minimum Gasteiger partial charge on any atom is -0.333 e. The molecule has 9 nitrogen and oxygen atoms in total. The van der Waals surface area contributed by atoms with Gasteiger partial charge >= 0.3 is 6.03 Å². The predicted octanol–water partition coefficient (Wildman–Crippen LogP) is -2.03. The van der Waals surface area contributed by atoms with Crippen molar-refractivity contribution in [2.75, 3.05) is 0 Å². The van der Waals surface area contributed by atoms with Crippen LogP contribution in [-0.2, 0) is 9.59 Å². The maximum absolute atomic E-state index is 11.3. The van der Waals surface area contributed by atoms with Crippen LogP contribution in [0.2, 0.25) is 0 Å². The number of rotatable bonds is 7. The van der Waals surface area contributed by atoms with Gasteiger partial charge in [-0.1, -0.05) is 0 Å². The quantitative estimate of drug-likeness (QED) is 0.179. The highest BCUT2D eigenvalue weighted by Crippen LogP contribution is 2.14. The van der Waals surface area contributed by atoms with E-state index in [-0.39, 0.29) is 36.3 Å². The number of hydrogen-bond donors (Lipinski definition) is 6. The molecular formula is C10H20N6O3. The third kappa shape index (κ3) is 5.10. The minimum absolute atomic E-state index is 0.0938. The molecule has 4 amide bonds. The first-order valence-corrected chi connectivity index (χ1v) is 6.12. The van der Waals surface area contributed by atoms with Crippen LogP contribution in [0.15, 0.2) is 0 Å². The number of carbonyl (C=O) groups is 3. The van der Waals surface area contributed by atoms with E-state index in [4.69, 9.17) is 11.7 Å². The monoisotopic (exact) mass is 272 g/mol. The van der Waals surface area contributed by atoms with Gasteiger partial charge < -0.3 is 10.6 Å². The molecule has 0 aromatic heterocycles. The molecule has 0 aliphatic carbocycles. The Kier molecular flexibility index (Phi) is 6.03. The van der Waals surface area contributed by atoms with E-state index in [1.54, 1.807) is 0 Å². The molecule has 0 radical (unpaired) electrons. The van der Waals surface area contributed by atoms with Crippen molar-refractivity contribution in [1.29, 1.82) is 0 Å². The minimum atomic E-state index is -0.276. The fourth-order valence-corrected chi connectivity index (χ4v) is 2.04. The Morgan fingerprint density at radius 3 is 2.11 bits per heavy atom. The SMILES string of the molecule is NNC(=O)CCCC1NC(=O)NC1CCC(=O)NN. The molecular weight excluding hydrogens is 252 g/mol. The molecule has 2 atom stereocenters. The van der Waals surface area contributed by atoms with Crippen LogP contribution in [0.3, 0.4) is 0 Å². The lowest BCUT2D eigenvalue weighted by Gasteiger charge is -2.17. The zero-order valence-corrected chi connectivity index (χ0v) is 10.6. The summed E-state index contributed by atoms with van der Waals surface area (Å²) >= 11 is 0. The maximum atomic E-state index is 11.3. The van der Waals surface area contributed by atoms with Crippen molar-refractivity contribution < 1.29 is 14.4 Å². The summed E-state index contributed by atoms with van der Waals surface area (Å²) in [6.07, 6.45) is 2.29. The van der Waals surface area contributed by atoms with Crippen LogP contribution in [0.1, 0.15) is 32.1 Å². The van der Waals surface area contributed by atoms with Crippen LogP contribution in [0, 0.1) is 0 Å². The number of urea groups is 1. The van der Waals surface area contributed by atoms with Crippen LogP contribution in [0.5, 0.6) is 0 Å². The van der Waals surface area contributed by atoms with Gasteiger partial charge in [-0.3, -0.25) is 20.4 Å². The van der Waals surface area contributed by atoms with Crippen LogP contribution in [0.4, 0.5) is 4.79 Å². The lowest BCUT2D eigenvalue weighted by atomic mass is 9.99. The standard InChI is InChI=1S/C10H20N6O3/c11-15-8(17)3-1-2-6-7(14-10(19)13-6)4-5-9(18)16-12/h6-7H,1-5,11-12H2,(H,15,17)(H,16,18)(H2,13,14,19). The molecule has 19 heavy (non-hydrogen) atoms. The summed E-state index contributed by atoms with van der Waals surface area (Å²) in [7, 11) is 0. The number of carbonyl (C=O) groups excluding carboxylic acids is 3. The third-order valence-electron chi connectivity index (χ3n) is 3.04. The summed E-state index contributed by atoms with van der Waals surface area (Å²) in [5.74, 6) is 9.45.